The van der Waals surface area contributed by atoms with Crippen LogP contribution in [0.5, 0.6) is 0 Å². The predicted octanol–water partition coefficient (Wildman–Crippen LogP) is 3.19. The molecule has 144 valence electrons. The molecule has 0 radical (unpaired) electrons. The highest BCUT2D eigenvalue weighted by Crippen LogP contribution is 2.30. The van der Waals surface area contributed by atoms with Crippen molar-refractivity contribution in [3.63, 3.8) is 0 Å². The van der Waals surface area contributed by atoms with Crippen molar-refractivity contribution in [2.24, 2.45) is 11.5 Å². The largest absolute Gasteiger partial charge is 0.384 e. The average molecular weight is 366 g/mol. The lowest BCUT2D eigenvalue weighted by molar-refractivity contribution is 0.269. The number of nitrogens with one attached hydrogen (secondary N) is 1. The number of aromatic nitrogens is 1. The number of rotatable bonds is 11. The van der Waals surface area contributed by atoms with E-state index >= 15 is 0 Å². The Labute approximate surface area is 161 Å². The average Bonchev–Trinajstić information content (AvgIpc) is 2.71. The smallest absolute Gasteiger partial charge is 0.0730 e. The standard InChI is InChI=1S/C22H31N5/c23-12-5-15-27(16-6-13-24)17-7-14-25-22-18-8-1-3-10-20(18)26-21-11-4-2-9-19(21)22/h1-4,8-11H,5-7,12-17,23-24H2,(H,25,26). The van der Waals surface area contributed by atoms with Crippen molar-refractivity contribution in [2.45, 2.75) is 19.3 Å². The Kier molecular flexibility index (Phi) is 7.39. The zero-order valence-electron chi connectivity index (χ0n) is 16.0. The van der Waals surface area contributed by atoms with Crippen LogP contribution in [-0.4, -0.2) is 49.2 Å². The Morgan fingerprint density at radius 2 is 1.26 bits per heavy atom. The van der Waals surface area contributed by atoms with Crippen molar-refractivity contribution in [3.05, 3.63) is 48.5 Å². The van der Waals surface area contributed by atoms with Crippen molar-refractivity contribution in [1.82, 2.24) is 9.88 Å². The van der Waals surface area contributed by atoms with E-state index in [0.29, 0.717) is 0 Å². The molecule has 5 N–H and O–H groups in total. The van der Waals surface area contributed by atoms with Gasteiger partial charge in [-0.05, 0) is 64.1 Å². The van der Waals surface area contributed by atoms with Crippen LogP contribution in [0.3, 0.4) is 0 Å². The molecule has 3 aromatic rings. The van der Waals surface area contributed by atoms with E-state index in [-0.39, 0.29) is 0 Å². The van der Waals surface area contributed by atoms with Crippen LogP contribution >= 0.6 is 0 Å². The molecular formula is C22H31N5. The molecule has 0 bridgehead atoms. The van der Waals surface area contributed by atoms with Gasteiger partial charge in [0.1, 0.15) is 0 Å². The first-order chi connectivity index (χ1) is 13.3. The lowest BCUT2D eigenvalue weighted by atomic mass is 10.1. The molecule has 1 heterocycles. The molecule has 5 nitrogen and oxygen atoms in total. The molecule has 0 amide bonds. The summed E-state index contributed by atoms with van der Waals surface area (Å²) in [6.45, 7) is 5.58. The molecule has 0 aliphatic carbocycles. The Morgan fingerprint density at radius 1 is 0.741 bits per heavy atom. The molecule has 0 aliphatic heterocycles. The maximum Gasteiger partial charge on any atom is 0.0730 e. The van der Waals surface area contributed by atoms with Gasteiger partial charge in [-0.15, -0.1) is 0 Å². The number of hydrogen-bond donors (Lipinski definition) is 3. The number of hydrogen-bond acceptors (Lipinski definition) is 5. The first kappa shape index (κ1) is 19.5. The van der Waals surface area contributed by atoms with E-state index in [1.54, 1.807) is 0 Å². The summed E-state index contributed by atoms with van der Waals surface area (Å²) in [6.07, 6.45) is 3.16. The van der Waals surface area contributed by atoms with Gasteiger partial charge in [0, 0.05) is 17.3 Å². The highest BCUT2D eigenvalue weighted by molar-refractivity contribution is 6.07. The zero-order chi connectivity index (χ0) is 18.9. The third kappa shape index (κ3) is 5.16. The molecule has 3 rings (SSSR count). The molecular weight excluding hydrogens is 334 g/mol. The monoisotopic (exact) mass is 365 g/mol. The van der Waals surface area contributed by atoms with Gasteiger partial charge in [-0.1, -0.05) is 36.4 Å². The minimum Gasteiger partial charge on any atom is -0.384 e. The van der Waals surface area contributed by atoms with Crippen molar-refractivity contribution in [1.29, 1.82) is 0 Å². The molecule has 27 heavy (non-hydrogen) atoms. The highest BCUT2D eigenvalue weighted by atomic mass is 15.1. The molecule has 0 atom stereocenters. The van der Waals surface area contributed by atoms with Gasteiger partial charge in [-0.3, -0.25) is 0 Å². The summed E-state index contributed by atoms with van der Waals surface area (Å²) in [6, 6.07) is 16.7. The van der Waals surface area contributed by atoms with E-state index in [1.165, 1.54) is 16.5 Å². The van der Waals surface area contributed by atoms with Crippen molar-refractivity contribution >= 4 is 27.5 Å². The van der Waals surface area contributed by atoms with Crippen LogP contribution in [0.4, 0.5) is 5.69 Å². The van der Waals surface area contributed by atoms with E-state index < -0.39 is 0 Å². The minimum absolute atomic E-state index is 0.742. The lowest BCUT2D eigenvalue weighted by Gasteiger charge is -2.22. The van der Waals surface area contributed by atoms with Crippen LogP contribution in [0, 0.1) is 0 Å². The molecule has 0 unspecified atom stereocenters. The Morgan fingerprint density at radius 3 is 1.81 bits per heavy atom. The molecule has 0 fully saturated rings. The summed E-state index contributed by atoms with van der Waals surface area (Å²) in [4.78, 5) is 7.27. The van der Waals surface area contributed by atoms with Gasteiger partial charge in [0.25, 0.3) is 0 Å². The van der Waals surface area contributed by atoms with Crippen LogP contribution in [0.2, 0.25) is 0 Å². The van der Waals surface area contributed by atoms with E-state index in [0.717, 1.165) is 69.6 Å². The third-order valence-electron chi connectivity index (χ3n) is 4.90. The van der Waals surface area contributed by atoms with Gasteiger partial charge >= 0.3 is 0 Å². The molecule has 1 aromatic heterocycles. The number of anilines is 1. The fourth-order valence-electron chi connectivity index (χ4n) is 3.51. The number of para-hydroxylation sites is 2. The fourth-order valence-corrected chi connectivity index (χ4v) is 3.51. The summed E-state index contributed by atoms with van der Waals surface area (Å²) in [5, 5.41) is 6.04. The molecule has 0 saturated carbocycles. The van der Waals surface area contributed by atoms with Gasteiger partial charge < -0.3 is 21.7 Å². The van der Waals surface area contributed by atoms with Gasteiger partial charge in [0.2, 0.25) is 0 Å². The summed E-state index contributed by atoms with van der Waals surface area (Å²) in [7, 11) is 0. The zero-order valence-corrected chi connectivity index (χ0v) is 16.0. The predicted molar refractivity (Wildman–Crippen MR) is 116 cm³/mol. The minimum atomic E-state index is 0.742. The number of fused-ring (bicyclic) bond motifs is 2. The van der Waals surface area contributed by atoms with Crippen LogP contribution < -0.4 is 16.8 Å². The highest BCUT2D eigenvalue weighted by Gasteiger charge is 2.09. The second kappa shape index (κ2) is 10.2. The fraction of sp³-hybridized carbons (Fsp3) is 0.409. The number of pyridine rings is 1. The van der Waals surface area contributed by atoms with Crippen molar-refractivity contribution < 1.29 is 0 Å². The normalized spacial score (nSPS) is 11.5. The number of benzene rings is 2. The first-order valence-electron chi connectivity index (χ1n) is 9.97. The summed E-state index contributed by atoms with van der Waals surface area (Å²) in [5.74, 6) is 0. The van der Waals surface area contributed by atoms with E-state index in [1.807, 2.05) is 12.1 Å². The quantitative estimate of drug-likeness (QED) is 0.359. The van der Waals surface area contributed by atoms with Crippen molar-refractivity contribution in [2.75, 3.05) is 44.6 Å². The van der Waals surface area contributed by atoms with Crippen LogP contribution in [-0.2, 0) is 0 Å². The summed E-state index contributed by atoms with van der Waals surface area (Å²) < 4.78 is 0. The van der Waals surface area contributed by atoms with Gasteiger partial charge in [-0.25, -0.2) is 4.98 Å². The SMILES string of the molecule is NCCCN(CCCN)CCCNc1c2ccccc2nc2ccccc12. The van der Waals surface area contributed by atoms with E-state index in [9.17, 15) is 0 Å². The topological polar surface area (TPSA) is 80.2 Å². The van der Waals surface area contributed by atoms with Crippen molar-refractivity contribution in [3.8, 4) is 0 Å². The molecule has 0 aliphatic rings. The van der Waals surface area contributed by atoms with Crippen LogP contribution in [0.25, 0.3) is 21.8 Å². The van der Waals surface area contributed by atoms with Gasteiger partial charge in [0.05, 0.1) is 16.7 Å². The Hall–Kier alpha value is -2.21. The Balaban J connectivity index is 1.68. The van der Waals surface area contributed by atoms with Crippen LogP contribution in [0.15, 0.2) is 48.5 Å². The molecule has 5 heteroatoms. The maximum atomic E-state index is 5.67. The second-order valence-electron chi connectivity index (χ2n) is 6.93. The van der Waals surface area contributed by atoms with E-state index in [4.69, 9.17) is 16.5 Å². The maximum absolute atomic E-state index is 5.67. The molecule has 0 saturated heterocycles. The first-order valence-corrected chi connectivity index (χ1v) is 9.97. The van der Waals surface area contributed by atoms with E-state index in [2.05, 4.69) is 46.6 Å². The molecule has 0 spiro atoms. The molecule has 2 aromatic carbocycles. The summed E-state index contributed by atoms with van der Waals surface area (Å²) >= 11 is 0. The van der Waals surface area contributed by atoms with Gasteiger partial charge in [-0.2, -0.15) is 0 Å². The lowest BCUT2D eigenvalue weighted by Crippen LogP contribution is -2.30. The third-order valence-corrected chi connectivity index (χ3v) is 4.90. The number of nitrogens with two attached hydrogens (primary N) is 2. The number of nitrogens with zero attached hydrogens (tertiary/aromatic N) is 2. The van der Waals surface area contributed by atoms with Gasteiger partial charge in [0.15, 0.2) is 0 Å². The van der Waals surface area contributed by atoms with Crippen LogP contribution in [0.1, 0.15) is 19.3 Å². The second-order valence-corrected chi connectivity index (χ2v) is 6.93. The Bertz CT molecular complexity index is 786. The summed E-state index contributed by atoms with van der Waals surface area (Å²) in [5.41, 5.74) is 14.6.